The van der Waals surface area contributed by atoms with Crippen LogP contribution in [0.5, 0.6) is 11.5 Å². The molecule has 0 aliphatic carbocycles. The number of ether oxygens (including phenoxy) is 1. The molecule has 0 aliphatic heterocycles. The standard InChI is InChI=1S/C18H23O5P/c1-4-22-24(20,23-5-2)18(14-6-10-16(19)11-7-14)15-8-12-17(21-3)13-9-15/h6-13,18-19H,4-5H2,1-3H3. The summed E-state index contributed by atoms with van der Waals surface area (Å²) in [5, 5.41) is 9.54. The molecule has 2 rings (SSSR count). The first-order chi connectivity index (χ1) is 11.5. The highest BCUT2D eigenvalue weighted by Crippen LogP contribution is 2.63. The van der Waals surface area contributed by atoms with Crippen LogP contribution in [0.3, 0.4) is 0 Å². The quantitative estimate of drug-likeness (QED) is 0.696. The largest absolute Gasteiger partial charge is 0.508 e. The average molecular weight is 350 g/mol. The maximum absolute atomic E-state index is 13.4. The predicted molar refractivity (Wildman–Crippen MR) is 93.8 cm³/mol. The third kappa shape index (κ3) is 4.18. The number of phenols is 1. The van der Waals surface area contributed by atoms with E-state index in [1.54, 1.807) is 45.2 Å². The molecule has 2 aromatic carbocycles. The highest BCUT2D eigenvalue weighted by atomic mass is 31.2. The van der Waals surface area contributed by atoms with E-state index in [1.165, 1.54) is 0 Å². The number of hydrogen-bond donors (Lipinski definition) is 1. The van der Waals surface area contributed by atoms with E-state index in [2.05, 4.69) is 0 Å². The highest BCUT2D eigenvalue weighted by Gasteiger charge is 2.38. The van der Waals surface area contributed by atoms with Crippen LogP contribution in [-0.2, 0) is 13.6 Å². The number of phenolic OH excluding ortho intramolecular Hbond substituents is 1. The molecule has 0 spiro atoms. The minimum Gasteiger partial charge on any atom is -0.508 e. The van der Waals surface area contributed by atoms with E-state index in [4.69, 9.17) is 13.8 Å². The Morgan fingerprint density at radius 1 is 0.917 bits per heavy atom. The van der Waals surface area contributed by atoms with Crippen molar-refractivity contribution in [3.05, 3.63) is 59.7 Å². The topological polar surface area (TPSA) is 65.0 Å². The Labute approximate surface area is 142 Å². The number of aromatic hydroxyl groups is 1. The summed E-state index contributed by atoms with van der Waals surface area (Å²) in [6.07, 6.45) is 0. The molecule has 5 nitrogen and oxygen atoms in total. The molecule has 24 heavy (non-hydrogen) atoms. The van der Waals surface area contributed by atoms with Gasteiger partial charge in [0.25, 0.3) is 0 Å². The van der Waals surface area contributed by atoms with Crippen molar-refractivity contribution in [2.75, 3.05) is 20.3 Å². The van der Waals surface area contributed by atoms with Crippen molar-refractivity contribution in [2.45, 2.75) is 19.5 Å². The molecule has 0 aromatic heterocycles. The Balaban J connectivity index is 2.54. The zero-order valence-corrected chi connectivity index (χ0v) is 15.0. The summed E-state index contributed by atoms with van der Waals surface area (Å²) in [7, 11) is -1.84. The normalized spacial score (nSPS) is 12.8. The maximum atomic E-state index is 13.4. The lowest BCUT2D eigenvalue weighted by molar-refractivity contribution is 0.215. The predicted octanol–water partition coefficient (Wildman–Crippen LogP) is 4.76. The van der Waals surface area contributed by atoms with Crippen LogP contribution in [0, 0.1) is 0 Å². The van der Waals surface area contributed by atoms with Crippen molar-refractivity contribution >= 4 is 7.60 Å². The van der Waals surface area contributed by atoms with Crippen LogP contribution >= 0.6 is 7.60 Å². The van der Waals surface area contributed by atoms with Crippen LogP contribution in [0.15, 0.2) is 48.5 Å². The molecule has 0 heterocycles. The third-order valence-corrected chi connectivity index (χ3v) is 6.04. The second kappa shape index (κ2) is 8.34. The van der Waals surface area contributed by atoms with Gasteiger partial charge in [0.15, 0.2) is 0 Å². The molecule has 6 heteroatoms. The summed E-state index contributed by atoms with van der Waals surface area (Å²) in [5.74, 6) is 0.862. The fraction of sp³-hybridized carbons (Fsp3) is 0.333. The maximum Gasteiger partial charge on any atom is 0.342 e. The van der Waals surface area contributed by atoms with Crippen LogP contribution in [0.25, 0.3) is 0 Å². The average Bonchev–Trinajstić information content (AvgIpc) is 2.58. The fourth-order valence-electron chi connectivity index (χ4n) is 2.55. The molecule has 0 saturated carbocycles. The minimum atomic E-state index is -3.43. The van der Waals surface area contributed by atoms with Gasteiger partial charge in [0.05, 0.1) is 20.3 Å². The van der Waals surface area contributed by atoms with Crippen LogP contribution in [0.2, 0.25) is 0 Å². The number of hydrogen-bond acceptors (Lipinski definition) is 5. The van der Waals surface area contributed by atoms with E-state index in [-0.39, 0.29) is 19.0 Å². The van der Waals surface area contributed by atoms with Gasteiger partial charge in [-0.15, -0.1) is 0 Å². The zero-order chi connectivity index (χ0) is 17.6. The summed E-state index contributed by atoms with van der Waals surface area (Å²) in [4.78, 5) is 0. The molecule has 0 aliphatic rings. The Morgan fingerprint density at radius 3 is 1.79 bits per heavy atom. The highest BCUT2D eigenvalue weighted by molar-refractivity contribution is 7.54. The van der Waals surface area contributed by atoms with E-state index in [1.807, 2.05) is 24.3 Å². The van der Waals surface area contributed by atoms with Crippen molar-refractivity contribution in [2.24, 2.45) is 0 Å². The van der Waals surface area contributed by atoms with Gasteiger partial charge in [-0.2, -0.15) is 0 Å². The summed E-state index contributed by atoms with van der Waals surface area (Å²) in [6, 6.07) is 13.9. The lowest BCUT2D eigenvalue weighted by Crippen LogP contribution is -2.08. The Hall–Kier alpha value is -1.81. The van der Waals surface area contributed by atoms with Crippen molar-refractivity contribution < 1.29 is 23.5 Å². The summed E-state index contributed by atoms with van der Waals surface area (Å²) in [5.41, 5.74) is 0.971. The molecule has 1 N–H and O–H groups in total. The van der Waals surface area contributed by atoms with Crippen molar-refractivity contribution in [3.63, 3.8) is 0 Å². The first kappa shape index (κ1) is 18.5. The Bertz CT molecular complexity index is 672. The second-order valence-corrected chi connectivity index (χ2v) is 7.26. The zero-order valence-electron chi connectivity index (χ0n) is 14.1. The first-order valence-electron chi connectivity index (χ1n) is 7.85. The van der Waals surface area contributed by atoms with Crippen LogP contribution in [-0.4, -0.2) is 25.4 Å². The monoisotopic (exact) mass is 350 g/mol. The molecule has 0 saturated heterocycles. The van der Waals surface area contributed by atoms with Crippen molar-refractivity contribution in [1.29, 1.82) is 0 Å². The van der Waals surface area contributed by atoms with Gasteiger partial charge in [0, 0.05) is 0 Å². The number of benzene rings is 2. The van der Waals surface area contributed by atoms with Gasteiger partial charge in [0.2, 0.25) is 0 Å². The van der Waals surface area contributed by atoms with Gasteiger partial charge < -0.3 is 18.9 Å². The van der Waals surface area contributed by atoms with Crippen molar-refractivity contribution in [3.8, 4) is 11.5 Å². The molecule has 1 atom stereocenters. The number of rotatable bonds is 8. The van der Waals surface area contributed by atoms with Crippen LogP contribution < -0.4 is 4.74 Å². The summed E-state index contributed by atoms with van der Waals surface area (Å²) < 4.78 is 29.7. The fourth-order valence-corrected chi connectivity index (χ4v) is 4.71. The Kier molecular flexibility index (Phi) is 6.44. The van der Waals surface area contributed by atoms with Crippen LogP contribution in [0.1, 0.15) is 30.6 Å². The van der Waals surface area contributed by atoms with E-state index in [0.29, 0.717) is 5.75 Å². The van der Waals surface area contributed by atoms with Gasteiger partial charge in [-0.1, -0.05) is 24.3 Å². The van der Waals surface area contributed by atoms with Gasteiger partial charge >= 0.3 is 7.60 Å². The first-order valence-corrected chi connectivity index (χ1v) is 9.47. The molecular formula is C18H23O5P. The molecule has 0 amide bonds. The van der Waals surface area contributed by atoms with Gasteiger partial charge in [0.1, 0.15) is 17.2 Å². The molecule has 2 aromatic rings. The SMILES string of the molecule is CCOP(=O)(OCC)C(c1ccc(O)cc1)c1ccc(OC)cc1. The van der Waals surface area contributed by atoms with E-state index >= 15 is 0 Å². The molecule has 0 fully saturated rings. The van der Waals surface area contributed by atoms with Crippen LogP contribution in [0.4, 0.5) is 0 Å². The molecule has 0 radical (unpaired) electrons. The number of methoxy groups -OCH3 is 1. The lowest BCUT2D eigenvalue weighted by Gasteiger charge is -2.27. The van der Waals surface area contributed by atoms with E-state index in [0.717, 1.165) is 11.1 Å². The molecule has 1 unspecified atom stereocenters. The summed E-state index contributed by atoms with van der Waals surface area (Å²) in [6.45, 7) is 4.13. The smallest absolute Gasteiger partial charge is 0.342 e. The van der Waals surface area contributed by atoms with Crippen molar-refractivity contribution in [1.82, 2.24) is 0 Å². The Morgan fingerprint density at radius 2 is 1.38 bits per heavy atom. The molecule has 0 bridgehead atoms. The van der Waals surface area contributed by atoms with Gasteiger partial charge in [-0.25, -0.2) is 0 Å². The van der Waals surface area contributed by atoms with Gasteiger partial charge in [-0.05, 0) is 49.2 Å². The van der Waals surface area contributed by atoms with E-state index < -0.39 is 13.3 Å². The second-order valence-electron chi connectivity index (χ2n) is 5.14. The van der Waals surface area contributed by atoms with Gasteiger partial charge in [-0.3, -0.25) is 4.57 Å². The minimum absolute atomic E-state index is 0.148. The summed E-state index contributed by atoms with van der Waals surface area (Å²) >= 11 is 0. The lowest BCUT2D eigenvalue weighted by atomic mass is 10.0. The molecule has 130 valence electrons. The third-order valence-electron chi connectivity index (χ3n) is 3.57. The van der Waals surface area contributed by atoms with E-state index in [9.17, 15) is 9.67 Å². The molecular weight excluding hydrogens is 327 g/mol.